The molecule has 2 aromatic rings. The number of hydrogen-bond donors (Lipinski definition) is 1. The van der Waals surface area contributed by atoms with Gasteiger partial charge >= 0.3 is 0 Å². The molecule has 0 unspecified atom stereocenters. The zero-order chi connectivity index (χ0) is 12.8. The molecule has 18 heavy (non-hydrogen) atoms. The van der Waals surface area contributed by atoms with Crippen LogP contribution in [0.2, 0.25) is 5.02 Å². The number of rotatable bonds is 6. The van der Waals surface area contributed by atoms with Gasteiger partial charge in [-0.25, -0.2) is 4.98 Å². The molecule has 0 radical (unpaired) electrons. The second-order valence-corrected chi connectivity index (χ2v) is 4.94. The fourth-order valence-corrected chi connectivity index (χ4v) is 2.33. The van der Waals surface area contributed by atoms with E-state index in [4.69, 9.17) is 16.3 Å². The Hall–Kier alpha value is -1.17. The molecule has 1 heterocycles. The van der Waals surface area contributed by atoms with E-state index in [-0.39, 0.29) is 0 Å². The van der Waals surface area contributed by atoms with Crippen LogP contribution in [0.25, 0.3) is 0 Å². The van der Waals surface area contributed by atoms with Gasteiger partial charge in [0.1, 0.15) is 6.61 Å². The molecule has 0 saturated heterocycles. The minimum atomic E-state index is 0.451. The van der Waals surface area contributed by atoms with Crippen LogP contribution in [0.5, 0.6) is 0 Å². The number of aromatic nitrogens is 2. The Labute approximate surface area is 115 Å². The van der Waals surface area contributed by atoms with Crippen LogP contribution in [0.4, 0.5) is 5.13 Å². The molecular weight excluding hydrogens is 270 g/mol. The van der Waals surface area contributed by atoms with Crippen LogP contribution >= 0.6 is 23.1 Å². The van der Waals surface area contributed by atoms with E-state index in [0.29, 0.717) is 12.4 Å². The smallest absolute Gasteiger partial charge is 0.202 e. The molecule has 0 spiro atoms. The van der Waals surface area contributed by atoms with Crippen LogP contribution in [0.3, 0.4) is 0 Å². The summed E-state index contributed by atoms with van der Waals surface area (Å²) in [7, 11) is 1.63. The van der Waals surface area contributed by atoms with Crippen molar-refractivity contribution in [2.45, 2.75) is 13.0 Å². The molecule has 0 fully saturated rings. The van der Waals surface area contributed by atoms with Gasteiger partial charge in [0.15, 0.2) is 5.82 Å². The normalized spacial score (nSPS) is 10.6. The summed E-state index contributed by atoms with van der Waals surface area (Å²) in [5, 5.41) is 4.83. The first-order valence-electron chi connectivity index (χ1n) is 5.58. The predicted octanol–water partition coefficient (Wildman–Crippen LogP) is 2.99. The molecule has 0 aliphatic rings. The lowest BCUT2D eigenvalue weighted by Crippen LogP contribution is -2.04. The molecule has 0 saturated carbocycles. The van der Waals surface area contributed by atoms with Crippen LogP contribution in [-0.2, 0) is 17.8 Å². The highest BCUT2D eigenvalue weighted by atomic mass is 35.5. The van der Waals surface area contributed by atoms with Crippen molar-refractivity contribution in [1.29, 1.82) is 0 Å². The Morgan fingerprint density at radius 3 is 3.11 bits per heavy atom. The number of nitrogens with zero attached hydrogens (tertiary/aromatic N) is 2. The Bertz CT molecular complexity index is 504. The topological polar surface area (TPSA) is 47.0 Å². The van der Waals surface area contributed by atoms with Gasteiger partial charge in [-0.05, 0) is 24.1 Å². The molecule has 0 amide bonds. The van der Waals surface area contributed by atoms with Crippen molar-refractivity contribution >= 4 is 28.3 Å². The fraction of sp³-hybridized carbons (Fsp3) is 0.333. The number of hydrogen-bond acceptors (Lipinski definition) is 5. The average Bonchev–Trinajstić information content (AvgIpc) is 2.78. The maximum absolute atomic E-state index is 5.92. The van der Waals surface area contributed by atoms with Gasteiger partial charge in [-0.15, -0.1) is 0 Å². The lowest BCUT2D eigenvalue weighted by molar-refractivity contribution is 0.179. The van der Waals surface area contributed by atoms with E-state index in [9.17, 15) is 0 Å². The number of benzene rings is 1. The Kier molecular flexibility index (Phi) is 4.92. The van der Waals surface area contributed by atoms with Gasteiger partial charge in [-0.2, -0.15) is 4.37 Å². The summed E-state index contributed by atoms with van der Waals surface area (Å²) >= 11 is 7.27. The van der Waals surface area contributed by atoms with Crippen LogP contribution in [0.1, 0.15) is 11.4 Å². The van der Waals surface area contributed by atoms with Crippen LogP contribution in [-0.4, -0.2) is 23.0 Å². The summed E-state index contributed by atoms with van der Waals surface area (Å²) in [6.07, 6.45) is 0.903. The van der Waals surface area contributed by atoms with Crippen molar-refractivity contribution < 1.29 is 4.74 Å². The molecule has 0 aliphatic carbocycles. The van der Waals surface area contributed by atoms with Crippen molar-refractivity contribution in [2.75, 3.05) is 19.0 Å². The highest BCUT2D eigenvalue weighted by Crippen LogP contribution is 2.13. The van der Waals surface area contributed by atoms with Crippen LogP contribution in [0, 0.1) is 0 Å². The van der Waals surface area contributed by atoms with Crippen LogP contribution < -0.4 is 5.32 Å². The maximum Gasteiger partial charge on any atom is 0.202 e. The lowest BCUT2D eigenvalue weighted by Gasteiger charge is -2.02. The van der Waals surface area contributed by atoms with Gasteiger partial charge in [-0.3, -0.25) is 0 Å². The van der Waals surface area contributed by atoms with Crippen molar-refractivity contribution in [3.05, 3.63) is 40.7 Å². The number of nitrogens with one attached hydrogen (secondary N) is 1. The molecule has 4 nitrogen and oxygen atoms in total. The second-order valence-electron chi connectivity index (χ2n) is 3.76. The van der Waals surface area contributed by atoms with Gasteiger partial charge in [0.2, 0.25) is 5.13 Å². The number of anilines is 1. The molecule has 0 bridgehead atoms. The van der Waals surface area contributed by atoms with E-state index < -0.39 is 0 Å². The van der Waals surface area contributed by atoms with E-state index in [1.807, 2.05) is 18.2 Å². The number of methoxy groups -OCH3 is 1. The number of ether oxygens (including phenoxy) is 1. The quantitative estimate of drug-likeness (QED) is 0.885. The van der Waals surface area contributed by atoms with E-state index in [1.165, 1.54) is 17.1 Å². The monoisotopic (exact) mass is 283 g/mol. The lowest BCUT2D eigenvalue weighted by atomic mass is 10.1. The fourth-order valence-electron chi connectivity index (χ4n) is 1.52. The Morgan fingerprint density at radius 2 is 2.33 bits per heavy atom. The third-order valence-corrected chi connectivity index (χ3v) is 3.27. The molecule has 1 aromatic carbocycles. The minimum Gasteiger partial charge on any atom is -0.377 e. The van der Waals surface area contributed by atoms with E-state index in [1.54, 1.807) is 7.11 Å². The SMILES string of the molecule is COCc1nsc(NCCc2cccc(Cl)c2)n1. The maximum atomic E-state index is 5.92. The Balaban J connectivity index is 1.81. The first kappa shape index (κ1) is 13.3. The first-order chi connectivity index (χ1) is 8.78. The standard InChI is InChI=1S/C12H14ClN3OS/c1-17-8-11-15-12(18-16-11)14-6-5-9-3-2-4-10(13)7-9/h2-4,7H,5-6,8H2,1H3,(H,14,15,16). The summed E-state index contributed by atoms with van der Waals surface area (Å²) in [6, 6.07) is 7.86. The molecule has 2 rings (SSSR count). The molecule has 96 valence electrons. The molecular formula is C12H14ClN3OS. The van der Waals surface area contributed by atoms with E-state index in [2.05, 4.69) is 20.7 Å². The first-order valence-corrected chi connectivity index (χ1v) is 6.73. The minimum absolute atomic E-state index is 0.451. The van der Waals surface area contributed by atoms with Gasteiger partial charge in [-0.1, -0.05) is 23.7 Å². The van der Waals surface area contributed by atoms with Gasteiger partial charge in [0.05, 0.1) is 0 Å². The van der Waals surface area contributed by atoms with Crippen molar-refractivity contribution in [3.63, 3.8) is 0 Å². The highest BCUT2D eigenvalue weighted by molar-refractivity contribution is 7.09. The van der Waals surface area contributed by atoms with Crippen molar-refractivity contribution in [3.8, 4) is 0 Å². The average molecular weight is 284 g/mol. The number of halogens is 1. The molecule has 1 aromatic heterocycles. The molecule has 0 aliphatic heterocycles. The third kappa shape index (κ3) is 3.94. The summed E-state index contributed by atoms with van der Waals surface area (Å²) in [5.74, 6) is 0.716. The zero-order valence-corrected chi connectivity index (χ0v) is 11.6. The molecule has 0 atom stereocenters. The summed E-state index contributed by atoms with van der Waals surface area (Å²) in [4.78, 5) is 4.29. The van der Waals surface area contributed by atoms with E-state index >= 15 is 0 Å². The second kappa shape index (κ2) is 6.68. The van der Waals surface area contributed by atoms with Crippen molar-refractivity contribution in [2.24, 2.45) is 0 Å². The summed E-state index contributed by atoms with van der Waals surface area (Å²) < 4.78 is 9.14. The molecule has 6 heteroatoms. The van der Waals surface area contributed by atoms with Crippen LogP contribution in [0.15, 0.2) is 24.3 Å². The van der Waals surface area contributed by atoms with Gasteiger partial charge < -0.3 is 10.1 Å². The molecule has 1 N–H and O–H groups in total. The van der Waals surface area contributed by atoms with Crippen molar-refractivity contribution in [1.82, 2.24) is 9.36 Å². The Morgan fingerprint density at radius 1 is 1.44 bits per heavy atom. The summed E-state index contributed by atoms with van der Waals surface area (Å²) in [5.41, 5.74) is 1.21. The zero-order valence-electron chi connectivity index (χ0n) is 10.0. The largest absolute Gasteiger partial charge is 0.377 e. The summed E-state index contributed by atoms with van der Waals surface area (Å²) in [6.45, 7) is 1.26. The third-order valence-electron chi connectivity index (χ3n) is 2.32. The van der Waals surface area contributed by atoms with Gasteiger partial charge in [0, 0.05) is 30.2 Å². The van der Waals surface area contributed by atoms with Gasteiger partial charge in [0.25, 0.3) is 0 Å². The van der Waals surface area contributed by atoms with E-state index in [0.717, 1.165) is 23.1 Å². The highest BCUT2D eigenvalue weighted by Gasteiger charge is 2.02. The predicted molar refractivity (Wildman–Crippen MR) is 74.3 cm³/mol.